The zero-order valence-corrected chi connectivity index (χ0v) is 30.3. The van der Waals surface area contributed by atoms with Gasteiger partial charge in [-0.3, -0.25) is 0 Å². The zero-order valence-electron chi connectivity index (χ0n) is 23.9. The molecule has 0 aliphatic heterocycles. The molecule has 0 aliphatic carbocycles. The molecule has 5 heteroatoms. The maximum atomic E-state index is 5.82. The second kappa shape index (κ2) is 17.1. The summed E-state index contributed by atoms with van der Waals surface area (Å²) in [5, 5.41) is 5.03. The summed E-state index contributed by atoms with van der Waals surface area (Å²) in [4.78, 5) is 0. The lowest BCUT2D eigenvalue weighted by Crippen LogP contribution is -3.00. The molecule has 0 unspecified atom stereocenters. The van der Waals surface area contributed by atoms with E-state index in [2.05, 4.69) is 171 Å². The van der Waals surface area contributed by atoms with Crippen molar-refractivity contribution in [2.24, 2.45) is 0 Å². The quantitative estimate of drug-likeness (QED) is 0.113. The van der Waals surface area contributed by atoms with Gasteiger partial charge in [0.05, 0.1) is 6.16 Å². The summed E-state index contributed by atoms with van der Waals surface area (Å²) >= 11 is 12.8. The predicted octanol–water partition coefficient (Wildman–Crippen LogP) is 8.22. The van der Waals surface area contributed by atoms with E-state index in [9.17, 15) is 0 Å². The molecular weight excluding hydrogens is 775 g/mol. The monoisotopic (exact) mass is 802 g/mol. The summed E-state index contributed by atoms with van der Waals surface area (Å²) in [5.41, 5.74) is 3.69. The molecule has 220 valence electrons. The van der Waals surface area contributed by atoms with Crippen molar-refractivity contribution in [2.75, 3.05) is 0 Å². The molecule has 0 saturated carbocycles. The molecule has 0 heterocycles. The average molecular weight is 806 g/mol. The van der Waals surface area contributed by atoms with Crippen LogP contribution in [0.5, 0.6) is 0 Å². The van der Waals surface area contributed by atoms with Gasteiger partial charge in [0.15, 0.2) is 0 Å². The van der Waals surface area contributed by atoms with Gasteiger partial charge in [-0.2, -0.15) is 0 Å². The minimum atomic E-state index is -1.81. The lowest BCUT2D eigenvalue weighted by atomic mass is 10.1. The first-order chi connectivity index (χ1) is 21.0. The van der Waals surface area contributed by atoms with E-state index in [0.717, 1.165) is 25.7 Å². The molecule has 0 aromatic heterocycles. The first kappa shape index (κ1) is 34.1. The Balaban J connectivity index is 0.000000223. The van der Waals surface area contributed by atoms with E-state index in [0.29, 0.717) is 0 Å². The van der Waals surface area contributed by atoms with Crippen LogP contribution in [-0.2, 0) is 6.16 Å². The Labute approximate surface area is 294 Å². The molecule has 0 nitrogen and oxygen atoms in total. The Hall–Kier alpha value is -2.78. The fourth-order valence-electron chi connectivity index (χ4n) is 4.97. The van der Waals surface area contributed by atoms with E-state index >= 15 is 0 Å². The highest BCUT2D eigenvalue weighted by Gasteiger charge is 2.45. The van der Waals surface area contributed by atoms with Gasteiger partial charge in [-0.15, -0.1) is 0 Å². The highest BCUT2D eigenvalue weighted by atomic mass is 79.9. The van der Waals surface area contributed by atoms with Gasteiger partial charge in [0.1, 0.15) is 23.2 Å². The van der Waals surface area contributed by atoms with Crippen LogP contribution in [0.3, 0.4) is 0 Å². The Kier molecular flexibility index (Phi) is 13.2. The van der Waals surface area contributed by atoms with Gasteiger partial charge >= 0.3 is 0 Å². The van der Waals surface area contributed by atoms with Crippen LogP contribution in [0.1, 0.15) is 16.7 Å². The van der Waals surface area contributed by atoms with Gasteiger partial charge in [0.25, 0.3) is 0 Å². The second-order valence-corrected chi connectivity index (χ2v) is 15.8. The standard InChI is InChI=1S/C25H21BrP.C14H10BrCl.BrH/c26-22-18-16-21(17-19-22)20-27(23-10-4-1-5-11-23,24-12-6-2-7-13-24)25-14-8-3-9-15-25;15-13-7-3-11(4-8-13)1-2-12-5-9-14(16)10-6-12;/h1-19H,20H2;1-10H;1H/q+1;;/p-1. The van der Waals surface area contributed by atoms with Gasteiger partial charge in [-0.05, 0) is 89.5 Å². The molecular formula is C39H31Br3ClP. The third-order valence-corrected chi connectivity index (χ3v) is 12.8. The number of benzene rings is 6. The van der Waals surface area contributed by atoms with E-state index < -0.39 is 7.26 Å². The molecule has 0 atom stereocenters. The van der Waals surface area contributed by atoms with Crippen LogP contribution in [0, 0.1) is 0 Å². The zero-order chi connectivity index (χ0) is 29.9. The minimum absolute atomic E-state index is 0. The van der Waals surface area contributed by atoms with E-state index in [1.54, 1.807) is 0 Å². The molecule has 0 fully saturated rings. The van der Waals surface area contributed by atoms with Gasteiger partial charge in [0, 0.05) is 14.0 Å². The Morgan fingerprint density at radius 3 is 1.18 bits per heavy atom. The largest absolute Gasteiger partial charge is 1.00 e. The van der Waals surface area contributed by atoms with Crippen molar-refractivity contribution in [3.63, 3.8) is 0 Å². The molecule has 6 aromatic carbocycles. The normalized spacial score (nSPS) is 10.9. The lowest BCUT2D eigenvalue weighted by Gasteiger charge is -2.27. The number of hydrogen-bond acceptors (Lipinski definition) is 0. The SMILES string of the molecule is Brc1ccc(C[P+](c2ccccc2)(c2ccccc2)c2ccccc2)cc1.Clc1ccc(C=Cc2ccc(Br)cc2)cc1.[Br-]. The number of hydrogen-bond donors (Lipinski definition) is 0. The molecule has 0 aliphatic rings. The van der Waals surface area contributed by atoms with Crippen LogP contribution in [0.15, 0.2) is 173 Å². The second-order valence-electron chi connectivity index (χ2n) is 10.0. The van der Waals surface area contributed by atoms with E-state index in [-0.39, 0.29) is 17.0 Å². The number of halogens is 4. The van der Waals surface area contributed by atoms with Gasteiger partial charge in [0.2, 0.25) is 0 Å². The van der Waals surface area contributed by atoms with E-state index in [4.69, 9.17) is 11.6 Å². The Bertz CT molecular complexity index is 1580. The van der Waals surface area contributed by atoms with Crippen molar-refractivity contribution in [3.05, 3.63) is 194 Å². The molecule has 0 radical (unpaired) electrons. The van der Waals surface area contributed by atoms with Crippen LogP contribution < -0.4 is 32.9 Å². The van der Waals surface area contributed by atoms with Gasteiger partial charge < -0.3 is 17.0 Å². The van der Waals surface area contributed by atoms with Crippen molar-refractivity contribution in [1.29, 1.82) is 0 Å². The lowest BCUT2D eigenvalue weighted by molar-refractivity contribution is -0.00000793. The topological polar surface area (TPSA) is 0 Å². The summed E-state index contributed by atoms with van der Waals surface area (Å²) in [6.45, 7) is 0. The smallest absolute Gasteiger partial charge is 0.116 e. The fraction of sp³-hybridized carbons (Fsp3) is 0.0256. The summed E-state index contributed by atoms with van der Waals surface area (Å²) in [7, 11) is -1.81. The van der Waals surface area contributed by atoms with Crippen molar-refractivity contribution in [2.45, 2.75) is 6.16 Å². The summed E-state index contributed by atoms with van der Waals surface area (Å²) < 4.78 is 2.21. The third kappa shape index (κ3) is 9.13. The van der Waals surface area contributed by atoms with Crippen molar-refractivity contribution >= 4 is 78.8 Å². The van der Waals surface area contributed by atoms with Crippen LogP contribution >= 0.6 is 50.7 Å². The van der Waals surface area contributed by atoms with Crippen molar-refractivity contribution in [3.8, 4) is 0 Å². The van der Waals surface area contributed by atoms with E-state index in [1.807, 2.05) is 36.4 Å². The predicted molar refractivity (Wildman–Crippen MR) is 198 cm³/mol. The fourth-order valence-corrected chi connectivity index (χ4v) is 9.87. The Morgan fingerprint density at radius 1 is 0.455 bits per heavy atom. The molecule has 6 rings (SSSR count). The first-order valence-corrected chi connectivity index (χ1v) is 18.0. The first-order valence-electron chi connectivity index (χ1n) is 14.0. The highest BCUT2D eigenvalue weighted by molar-refractivity contribution is 9.10. The van der Waals surface area contributed by atoms with Gasteiger partial charge in [-0.25, -0.2) is 0 Å². The van der Waals surface area contributed by atoms with Crippen LogP contribution in [0.2, 0.25) is 5.02 Å². The van der Waals surface area contributed by atoms with Crippen molar-refractivity contribution < 1.29 is 17.0 Å². The summed E-state index contributed by atoms with van der Waals surface area (Å²) in [6.07, 6.45) is 5.16. The van der Waals surface area contributed by atoms with E-state index in [1.165, 1.54) is 27.0 Å². The van der Waals surface area contributed by atoms with Crippen LogP contribution in [0.25, 0.3) is 12.2 Å². The summed E-state index contributed by atoms with van der Waals surface area (Å²) in [6, 6.07) is 57.8. The maximum absolute atomic E-state index is 5.82. The molecule has 0 saturated heterocycles. The molecule has 0 spiro atoms. The third-order valence-electron chi connectivity index (χ3n) is 7.13. The van der Waals surface area contributed by atoms with Crippen LogP contribution in [-0.4, -0.2) is 0 Å². The average Bonchev–Trinajstić information content (AvgIpc) is 3.06. The Morgan fingerprint density at radius 2 is 0.795 bits per heavy atom. The molecule has 0 bridgehead atoms. The molecule has 0 N–H and O–H groups in total. The summed E-state index contributed by atoms with van der Waals surface area (Å²) in [5.74, 6) is 0. The molecule has 0 amide bonds. The van der Waals surface area contributed by atoms with Crippen molar-refractivity contribution in [1.82, 2.24) is 0 Å². The van der Waals surface area contributed by atoms with Gasteiger partial charge in [-0.1, -0.05) is 147 Å². The highest BCUT2D eigenvalue weighted by Crippen LogP contribution is 2.58. The maximum Gasteiger partial charge on any atom is 0.116 e. The minimum Gasteiger partial charge on any atom is -1.00 e. The van der Waals surface area contributed by atoms with Crippen LogP contribution in [0.4, 0.5) is 0 Å². The number of rotatable bonds is 7. The molecule has 44 heavy (non-hydrogen) atoms. The molecule has 6 aromatic rings.